The first-order chi connectivity index (χ1) is 18.3. The van der Waals surface area contributed by atoms with Crippen LogP contribution >= 0.6 is 0 Å². The number of ether oxygens (including phenoxy) is 1. The van der Waals surface area contributed by atoms with E-state index in [0.717, 1.165) is 24.3 Å². The summed E-state index contributed by atoms with van der Waals surface area (Å²) in [6.45, 7) is 4.55. The van der Waals surface area contributed by atoms with Gasteiger partial charge in [0.15, 0.2) is 0 Å². The molecule has 0 saturated heterocycles. The van der Waals surface area contributed by atoms with Crippen LogP contribution in [-0.4, -0.2) is 0 Å². The third-order valence-electron chi connectivity index (χ3n) is 7.56. The predicted molar refractivity (Wildman–Crippen MR) is 164 cm³/mol. The van der Waals surface area contributed by atoms with E-state index < -0.39 is 0 Å². The Morgan fingerprint density at radius 1 is 0.474 bits per heavy atom. The molecule has 0 amide bonds. The predicted octanol–water partition coefficient (Wildman–Crippen LogP) is 9.22. The molecule has 0 atom stereocenters. The average molecular weight is 529 g/mol. The van der Waals surface area contributed by atoms with Crippen molar-refractivity contribution in [3.63, 3.8) is 0 Å². The molecule has 0 aromatic heterocycles. The molecule has 0 spiro atoms. The van der Waals surface area contributed by atoms with Crippen LogP contribution in [0.5, 0.6) is 11.5 Å². The van der Waals surface area contributed by atoms with Crippen LogP contribution in [-0.2, 0) is 12.8 Å². The molecular weight excluding hydrogens is 471 g/mol. The maximum Gasteiger partial charge on any atom is 1.00 e. The second kappa shape index (κ2) is 25.2. The summed E-state index contributed by atoms with van der Waals surface area (Å²) in [5.74, 6) is 2.09. The summed E-state index contributed by atoms with van der Waals surface area (Å²) >= 11 is 0. The topological polar surface area (TPSA) is 9.23 Å². The van der Waals surface area contributed by atoms with Gasteiger partial charge in [0.25, 0.3) is 0 Å². The zero-order valence-corrected chi connectivity index (χ0v) is 27.5. The van der Waals surface area contributed by atoms with Crippen molar-refractivity contribution in [2.75, 3.05) is 0 Å². The zero-order valence-electron chi connectivity index (χ0n) is 25.5. The molecule has 2 aromatic carbocycles. The van der Waals surface area contributed by atoms with Gasteiger partial charge in [-0.15, -0.1) is 0 Å². The van der Waals surface area contributed by atoms with Crippen LogP contribution in [0.25, 0.3) is 0 Å². The molecule has 0 aliphatic heterocycles. The van der Waals surface area contributed by atoms with E-state index in [9.17, 15) is 0 Å². The zero-order chi connectivity index (χ0) is 26.2. The number of hydrogen-bond acceptors (Lipinski definition) is 1. The summed E-state index contributed by atoms with van der Waals surface area (Å²) in [7, 11) is 0. The second-order valence-corrected chi connectivity index (χ2v) is 11.0. The fourth-order valence-corrected chi connectivity index (χ4v) is 5.20. The minimum atomic E-state index is 0. The number of unbranched alkanes of at least 4 members (excludes halogenated alkanes) is 18. The number of aryl methyl sites for hydroxylation is 2. The summed E-state index contributed by atoms with van der Waals surface area (Å²) in [5, 5.41) is 0. The molecule has 0 radical (unpaired) electrons. The summed E-state index contributed by atoms with van der Waals surface area (Å²) in [5.41, 5.74) is 2.71. The number of hydrogen-bond donors (Lipinski definition) is 0. The number of para-hydroxylation sites is 2. The maximum atomic E-state index is 6.52. The van der Waals surface area contributed by atoms with Crippen LogP contribution in [0.2, 0.25) is 0 Å². The Kier molecular flexibility index (Phi) is 23.4. The third kappa shape index (κ3) is 17.0. The van der Waals surface area contributed by atoms with E-state index in [1.807, 2.05) is 0 Å². The molecular formula is C36H57NaO. The smallest absolute Gasteiger partial charge is 0.457 e. The van der Waals surface area contributed by atoms with Gasteiger partial charge in [0, 0.05) is 0 Å². The minimum Gasteiger partial charge on any atom is -0.457 e. The van der Waals surface area contributed by atoms with Crippen molar-refractivity contribution < 1.29 is 34.3 Å². The Balaban J connectivity index is 0.00000722. The van der Waals surface area contributed by atoms with E-state index in [1.54, 1.807) is 0 Å². The maximum absolute atomic E-state index is 6.52. The fraction of sp³-hybridized carbons (Fsp3) is 0.639. The van der Waals surface area contributed by atoms with Gasteiger partial charge < -0.3 is 11.2 Å². The molecule has 0 aliphatic carbocycles. The third-order valence-corrected chi connectivity index (χ3v) is 7.56. The van der Waals surface area contributed by atoms with Gasteiger partial charge >= 0.3 is 29.6 Å². The molecule has 0 unspecified atom stereocenters. The Bertz CT molecular complexity index is 721. The van der Waals surface area contributed by atoms with Gasteiger partial charge in [0.05, 0.1) is 0 Å². The van der Waals surface area contributed by atoms with Crippen molar-refractivity contribution in [1.82, 2.24) is 0 Å². The Hall–Kier alpha value is -0.760. The van der Waals surface area contributed by atoms with E-state index in [4.69, 9.17) is 4.74 Å². The van der Waals surface area contributed by atoms with E-state index >= 15 is 0 Å². The van der Waals surface area contributed by atoms with Crippen LogP contribution in [0.1, 0.15) is 147 Å². The van der Waals surface area contributed by atoms with Gasteiger partial charge in [-0.2, -0.15) is 12.8 Å². The van der Waals surface area contributed by atoms with Gasteiger partial charge in [0.2, 0.25) is 0 Å². The molecule has 0 saturated carbocycles. The fourth-order valence-electron chi connectivity index (χ4n) is 5.20. The molecule has 0 heterocycles. The van der Waals surface area contributed by atoms with E-state index in [1.165, 1.54) is 133 Å². The Morgan fingerprint density at radius 2 is 0.895 bits per heavy atom. The van der Waals surface area contributed by atoms with Crippen LogP contribution in [0, 0.1) is 6.42 Å². The molecule has 1 nitrogen and oxygen atoms in total. The van der Waals surface area contributed by atoms with Gasteiger partial charge in [0.1, 0.15) is 11.5 Å². The standard InChI is InChI=1S/C36H57O.Na/c1-3-5-7-9-11-13-15-17-19-21-27-33-29-23-25-31-35(33)37-36-32-26-24-30-34(36)28-22-20-18-16-14-12-10-8-6-4-2;/h7,23-26,29-32H,3-6,8-22,27-28H2,1-2H3;/q-1;+1. The van der Waals surface area contributed by atoms with Crippen molar-refractivity contribution in [3.8, 4) is 11.5 Å². The van der Waals surface area contributed by atoms with Crippen molar-refractivity contribution in [3.05, 3.63) is 66.1 Å². The molecule has 2 rings (SSSR count). The summed E-state index contributed by atoms with van der Waals surface area (Å²) in [6, 6.07) is 17.4. The number of benzene rings is 2. The van der Waals surface area contributed by atoms with Gasteiger partial charge in [-0.25, -0.2) is 0 Å². The number of rotatable bonds is 24. The summed E-state index contributed by atoms with van der Waals surface area (Å²) in [4.78, 5) is 0. The SMILES string of the molecule is CCC[CH-]CCCCCCCCc1ccccc1Oc1ccccc1CCCCCCCCCCCC.[Na+]. The monoisotopic (exact) mass is 528 g/mol. The molecule has 2 heteroatoms. The van der Waals surface area contributed by atoms with Gasteiger partial charge in [-0.3, -0.25) is 0 Å². The van der Waals surface area contributed by atoms with Crippen molar-refractivity contribution in [2.45, 2.75) is 149 Å². The molecule has 0 aliphatic rings. The van der Waals surface area contributed by atoms with E-state index in [-0.39, 0.29) is 29.6 Å². The van der Waals surface area contributed by atoms with Crippen LogP contribution < -0.4 is 34.3 Å². The van der Waals surface area contributed by atoms with Crippen molar-refractivity contribution in [1.29, 1.82) is 0 Å². The van der Waals surface area contributed by atoms with Crippen LogP contribution in [0.3, 0.4) is 0 Å². The minimum absolute atomic E-state index is 0. The summed E-state index contributed by atoms with van der Waals surface area (Å²) in [6.07, 6.45) is 30.4. The first kappa shape index (κ1) is 35.3. The first-order valence-corrected chi connectivity index (χ1v) is 16.0. The molecule has 0 bridgehead atoms. The van der Waals surface area contributed by atoms with Crippen LogP contribution in [0.4, 0.5) is 0 Å². The van der Waals surface area contributed by atoms with E-state index in [0.29, 0.717) is 0 Å². The molecule has 208 valence electrons. The first-order valence-electron chi connectivity index (χ1n) is 16.0. The second-order valence-electron chi connectivity index (χ2n) is 11.0. The normalized spacial score (nSPS) is 10.9. The van der Waals surface area contributed by atoms with E-state index in [2.05, 4.69) is 68.8 Å². The van der Waals surface area contributed by atoms with Crippen LogP contribution in [0.15, 0.2) is 48.5 Å². The molecule has 0 fully saturated rings. The molecule has 38 heavy (non-hydrogen) atoms. The molecule has 2 aromatic rings. The van der Waals surface area contributed by atoms with Gasteiger partial charge in [-0.1, -0.05) is 147 Å². The Labute approximate surface area is 259 Å². The van der Waals surface area contributed by atoms with Gasteiger partial charge in [-0.05, 0) is 48.9 Å². The Morgan fingerprint density at radius 3 is 1.37 bits per heavy atom. The van der Waals surface area contributed by atoms with Crippen molar-refractivity contribution >= 4 is 0 Å². The molecule has 0 N–H and O–H groups in total. The average Bonchev–Trinajstić information content (AvgIpc) is 2.92. The van der Waals surface area contributed by atoms with Crippen molar-refractivity contribution in [2.24, 2.45) is 0 Å². The quantitative estimate of drug-likeness (QED) is 0.0749. The summed E-state index contributed by atoms with van der Waals surface area (Å²) < 4.78 is 6.52. The largest absolute Gasteiger partial charge is 1.00 e.